The molecule has 1 aromatic rings. The summed E-state index contributed by atoms with van der Waals surface area (Å²) < 4.78 is 83.7. The quantitative estimate of drug-likeness (QED) is 0.230. The Bertz CT molecular complexity index is 1070. The second kappa shape index (κ2) is 7.69. The normalized spacial score (nSPS) is 21.6. The second-order valence-electron chi connectivity index (χ2n) is 6.16. The predicted octanol–water partition coefficient (Wildman–Crippen LogP) is 2.58. The van der Waals surface area contributed by atoms with Crippen LogP contribution in [0.2, 0.25) is 0 Å². The molecule has 1 aliphatic heterocycles. The molecular weight excluding hydrogens is 434 g/mol. The number of carbonyl (C=O) groups is 2. The molecule has 2 unspecified atom stereocenters. The number of methoxy groups -OCH3 is 1. The van der Waals surface area contributed by atoms with Gasteiger partial charge in [-0.25, -0.2) is 8.57 Å². The monoisotopic (exact) mass is 447 g/mol. The number of fused-ring (bicyclic) bond motifs is 1. The number of alkyl halides is 3. The molecule has 1 aliphatic carbocycles. The lowest BCUT2D eigenvalue weighted by atomic mass is 9.85. The maximum Gasteiger partial charge on any atom is 0.523 e. The molecule has 0 saturated heterocycles. The zero-order valence-corrected chi connectivity index (χ0v) is 15.9. The van der Waals surface area contributed by atoms with E-state index in [4.69, 9.17) is 0 Å². The molecule has 3 rings (SSSR count). The van der Waals surface area contributed by atoms with Crippen molar-refractivity contribution in [1.29, 1.82) is 0 Å². The Kier molecular flexibility index (Phi) is 5.56. The van der Waals surface area contributed by atoms with E-state index < -0.39 is 45.3 Å². The molecule has 0 spiro atoms. The van der Waals surface area contributed by atoms with E-state index in [2.05, 4.69) is 8.92 Å². The molecule has 30 heavy (non-hydrogen) atoms. The highest BCUT2D eigenvalue weighted by atomic mass is 32.2. The van der Waals surface area contributed by atoms with Crippen LogP contribution < -0.4 is 4.90 Å². The fraction of sp³-hybridized carbons (Fsp3) is 0.222. The topological polar surface area (TPSA) is 90.0 Å². The molecule has 0 aromatic heterocycles. The van der Waals surface area contributed by atoms with Crippen LogP contribution >= 0.6 is 0 Å². The molecule has 0 N–H and O–H groups in total. The Morgan fingerprint density at radius 2 is 1.80 bits per heavy atom. The maximum atomic E-state index is 13.2. The summed E-state index contributed by atoms with van der Waals surface area (Å²) in [4.78, 5) is 25.3. The average Bonchev–Trinajstić information content (AvgIpc) is 2.67. The third-order valence-electron chi connectivity index (χ3n) is 4.28. The van der Waals surface area contributed by atoms with Crippen LogP contribution in [0.15, 0.2) is 59.8 Å². The lowest BCUT2D eigenvalue weighted by molar-refractivity contribution is -0.146. The Morgan fingerprint density at radius 1 is 1.17 bits per heavy atom. The minimum absolute atomic E-state index is 0.0949. The van der Waals surface area contributed by atoms with Gasteiger partial charge in [0, 0.05) is 23.0 Å². The summed E-state index contributed by atoms with van der Waals surface area (Å²) in [6.45, 7) is 0. The van der Waals surface area contributed by atoms with Gasteiger partial charge in [-0.05, 0) is 30.3 Å². The molecule has 0 bridgehead atoms. The highest BCUT2D eigenvalue weighted by Crippen LogP contribution is 2.35. The summed E-state index contributed by atoms with van der Waals surface area (Å²) in [6, 6.07) is 4.40. The minimum atomic E-state index is -6.05. The molecule has 0 saturated carbocycles. The number of anilines is 1. The maximum absolute atomic E-state index is 13.2. The lowest BCUT2D eigenvalue weighted by Crippen LogP contribution is -2.41. The van der Waals surface area contributed by atoms with Crippen LogP contribution in [0.25, 0.3) is 0 Å². The van der Waals surface area contributed by atoms with Gasteiger partial charge in [-0.2, -0.15) is 21.6 Å². The molecule has 0 radical (unpaired) electrons. The first-order valence-corrected chi connectivity index (χ1v) is 9.63. The molecule has 1 heterocycles. The van der Waals surface area contributed by atoms with Crippen LogP contribution in [0, 0.1) is 11.7 Å². The van der Waals surface area contributed by atoms with Crippen LogP contribution in [0.5, 0.6) is 0 Å². The van der Waals surface area contributed by atoms with Crippen LogP contribution in [0.3, 0.4) is 0 Å². The number of hydrogen-bond acceptors (Lipinski definition) is 7. The van der Waals surface area contributed by atoms with Crippen molar-refractivity contribution in [2.24, 2.45) is 5.92 Å². The highest BCUT2D eigenvalue weighted by molar-refractivity contribution is 7.87. The van der Waals surface area contributed by atoms with E-state index in [1.165, 1.54) is 30.5 Å². The number of benzene rings is 1. The molecule has 2 aliphatic rings. The Hall–Kier alpha value is -2.99. The number of hydrogen-bond donors (Lipinski definition) is 0. The molecule has 7 nitrogen and oxygen atoms in total. The number of rotatable bonds is 4. The van der Waals surface area contributed by atoms with Crippen molar-refractivity contribution < 1.29 is 44.5 Å². The van der Waals surface area contributed by atoms with Crippen LogP contribution in [0.1, 0.15) is 0 Å². The Labute approximate surface area is 168 Å². The summed E-state index contributed by atoms with van der Waals surface area (Å²) in [6.07, 6.45) is 2.70. The average molecular weight is 447 g/mol. The van der Waals surface area contributed by atoms with E-state index in [0.29, 0.717) is 0 Å². The van der Waals surface area contributed by atoms with E-state index in [9.17, 15) is 35.6 Å². The van der Waals surface area contributed by atoms with Crippen molar-refractivity contribution in [3.05, 3.63) is 65.7 Å². The first-order chi connectivity index (χ1) is 13.9. The summed E-state index contributed by atoms with van der Waals surface area (Å²) in [5.41, 5.74) is -5.64. The number of ketones is 1. The SMILES string of the molecule is COC(=O)C1C=CC2=CN(c3ccc(F)cc3)C(OS(=O)(=O)C(F)(F)F)C=C2C1=O. The van der Waals surface area contributed by atoms with Crippen molar-refractivity contribution in [2.75, 3.05) is 12.0 Å². The number of halogens is 4. The largest absolute Gasteiger partial charge is 0.523 e. The van der Waals surface area contributed by atoms with Gasteiger partial charge in [0.1, 0.15) is 11.7 Å². The smallest absolute Gasteiger partial charge is 0.468 e. The van der Waals surface area contributed by atoms with E-state index >= 15 is 0 Å². The summed E-state index contributed by atoms with van der Waals surface area (Å²) in [7, 11) is -4.99. The number of esters is 1. The number of ether oxygens (including phenoxy) is 1. The third kappa shape index (κ3) is 4.00. The van der Waals surface area contributed by atoms with Gasteiger partial charge in [-0.3, -0.25) is 9.59 Å². The van der Waals surface area contributed by atoms with Gasteiger partial charge < -0.3 is 9.64 Å². The van der Waals surface area contributed by atoms with Crippen molar-refractivity contribution in [1.82, 2.24) is 0 Å². The molecule has 2 atom stereocenters. The van der Waals surface area contributed by atoms with Crippen LogP contribution in [-0.4, -0.2) is 39.0 Å². The van der Waals surface area contributed by atoms with Gasteiger partial charge >= 0.3 is 21.6 Å². The lowest BCUT2D eigenvalue weighted by Gasteiger charge is -2.34. The first-order valence-electron chi connectivity index (χ1n) is 8.22. The molecule has 0 fully saturated rings. The third-order valence-corrected chi connectivity index (χ3v) is 5.29. The first kappa shape index (κ1) is 21.7. The number of allylic oxidation sites excluding steroid dienone is 3. The van der Waals surface area contributed by atoms with Gasteiger partial charge in [0.05, 0.1) is 7.11 Å². The van der Waals surface area contributed by atoms with Crippen LogP contribution in [-0.2, 0) is 28.6 Å². The molecule has 0 amide bonds. The fourth-order valence-corrected chi connectivity index (χ4v) is 3.35. The van der Waals surface area contributed by atoms with E-state index in [1.807, 2.05) is 0 Å². The zero-order chi connectivity index (χ0) is 22.3. The number of carbonyl (C=O) groups excluding carboxylic acids is 2. The predicted molar refractivity (Wildman–Crippen MR) is 94.5 cm³/mol. The fourth-order valence-electron chi connectivity index (χ4n) is 2.83. The van der Waals surface area contributed by atoms with Crippen molar-refractivity contribution in [3.63, 3.8) is 0 Å². The van der Waals surface area contributed by atoms with Gasteiger partial charge in [0.25, 0.3) is 0 Å². The van der Waals surface area contributed by atoms with E-state index in [-0.39, 0.29) is 16.8 Å². The van der Waals surface area contributed by atoms with Gasteiger partial charge in [-0.1, -0.05) is 12.2 Å². The minimum Gasteiger partial charge on any atom is -0.468 e. The summed E-state index contributed by atoms with van der Waals surface area (Å²) in [5.74, 6) is -3.66. The Morgan fingerprint density at radius 3 is 2.37 bits per heavy atom. The van der Waals surface area contributed by atoms with Crippen molar-refractivity contribution >= 4 is 27.6 Å². The molecule has 12 heteroatoms. The molecular formula is C18H13F4NO6S. The van der Waals surface area contributed by atoms with Crippen molar-refractivity contribution in [3.8, 4) is 0 Å². The molecule has 160 valence electrons. The standard InChI is InChI=1S/C18H13F4NO6S/c1-28-17(25)13-7-2-10-9-23(12-5-3-11(19)4-6-12)15(8-14(10)16(13)24)29-30(26,27)18(20,21)22/h2-9,13,15H,1H3. The summed E-state index contributed by atoms with van der Waals surface area (Å²) >= 11 is 0. The van der Waals surface area contributed by atoms with Crippen molar-refractivity contribution in [2.45, 2.75) is 11.7 Å². The zero-order valence-electron chi connectivity index (χ0n) is 15.1. The highest BCUT2D eigenvalue weighted by Gasteiger charge is 2.49. The number of Topliss-reactive ketones (excluding diaryl/α,β-unsaturated/α-hetero) is 1. The summed E-state index contributed by atoms with van der Waals surface area (Å²) in [5, 5.41) is 0. The number of nitrogens with zero attached hydrogens (tertiary/aromatic N) is 1. The van der Waals surface area contributed by atoms with E-state index in [1.54, 1.807) is 0 Å². The Balaban J connectivity index is 2.08. The van der Waals surface area contributed by atoms with Gasteiger partial charge in [-0.15, -0.1) is 0 Å². The van der Waals surface area contributed by atoms with E-state index in [0.717, 1.165) is 30.2 Å². The van der Waals surface area contributed by atoms with Gasteiger partial charge in [0.15, 0.2) is 12.0 Å². The second-order valence-corrected chi connectivity index (χ2v) is 7.72. The van der Waals surface area contributed by atoms with Gasteiger partial charge in [0.2, 0.25) is 0 Å². The molecule has 1 aromatic carbocycles. The van der Waals surface area contributed by atoms with Crippen LogP contribution in [0.4, 0.5) is 23.2 Å².